The van der Waals surface area contributed by atoms with Crippen LogP contribution in [0.1, 0.15) is 45.3 Å². The number of aryl methyl sites for hydroxylation is 3. The molecule has 1 aliphatic rings. The van der Waals surface area contributed by atoms with E-state index in [0.29, 0.717) is 52.4 Å². The summed E-state index contributed by atoms with van der Waals surface area (Å²) in [7, 11) is 0. The highest BCUT2D eigenvalue weighted by Gasteiger charge is 2.26. The van der Waals surface area contributed by atoms with E-state index in [-0.39, 0.29) is 23.1 Å². The van der Waals surface area contributed by atoms with Crippen molar-refractivity contribution in [2.24, 2.45) is 0 Å². The minimum atomic E-state index is -0.478. The Labute approximate surface area is 257 Å². The van der Waals surface area contributed by atoms with Gasteiger partial charge in [0.15, 0.2) is 0 Å². The van der Waals surface area contributed by atoms with Crippen molar-refractivity contribution in [3.05, 3.63) is 129 Å². The predicted octanol–water partition coefficient (Wildman–Crippen LogP) is 6.33. The SMILES string of the molecule is Cc1cc(C)c2c(c1)[C@@H](n1cc(-c3cc(NC(=O)c4ccc(-n5c(C)nc6ccccc6c5=O)cc4)ccc3F)nn1)CCO2. The van der Waals surface area contributed by atoms with Crippen LogP contribution in [0.2, 0.25) is 0 Å². The van der Waals surface area contributed by atoms with Gasteiger partial charge in [-0.2, -0.15) is 0 Å². The quantitative estimate of drug-likeness (QED) is 0.248. The highest BCUT2D eigenvalue weighted by Crippen LogP contribution is 2.38. The largest absolute Gasteiger partial charge is 0.493 e. The fourth-order valence-electron chi connectivity index (χ4n) is 6.00. The lowest BCUT2D eigenvalue weighted by Crippen LogP contribution is -2.22. The summed E-state index contributed by atoms with van der Waals surface area (Å²) in [6.07, 6.45) is 2.44. The van der Waals surface area contributed by atoms with Gasteiger partial charge in [0.25, 0.3) is 11.5 Å². The lowest BCUT2D eigenvalue weighted by Gasteiger charge is -2.27. The van der Waals surface area contributed by atoms with Crippen LogP contribution in [-0.4, -0.2) is 37.1 Å². The number of rotatable bonds is 5. The number of ether oxygens (including phenoxy) is 1. The Bertz CT molecular complexity index is 2170. The smallest absolute Gasteiger partial charge is 0.265 e. The number of halogens is 1. The molecule has 0 saturated heterocycles. The first-order valence-corrected chi connectivity index (χ1v) is 14.6. The number of aromatic nitrogens is 5. The van der Waals surface area contributed by atoms with Gasteiger partial charge in [-0.05, 0) is 80.9 Å². The fraction of sp³-hybridized carbons (Fsp3) is 0.171. The van der Waals surface area contributed by atoms with Crippen LogP contribution in [0.4, 0.5) is 10.1 Å². The number of anilines is 1. The lowest BCUT2D eigenvalue weighted by molar-refractivity contribution is 0.102. The van der Waals surface area contributed by atoms with E-state index in [2.05, 4.69) is 32.7 Å². The fourth-order valence-corrected chi connectivity index (χ4v) is 6.00. The lowest BCUT2D eigenvalue weighted by atomic mass is 9.96. The first kappa shape index (κ1) is 28.1. The van der Waals surface area contributed by atoms with Gasteiger partial charge < -0.3 is 10.1 Å². The van der Waals surface area contributed by atoms with Gasteiger partial charge in [0.1, 0.15) is 23.1 Å². The van der Waals surface area contributed by atoms with E-state index in [1.54, 1.807) is 66.3 Å². The normalized spacial score (nSPS) is 14.2. The minimum absolute atomic E-state index is 0.0902. The number of benzene rings is 4. The summed E-state index contributed by atoms with van der Waals surface area (Å²) >= 11 is 0. The number of nitrogens with one attached hydrogen (secondary N) is 1. The third-order valence-corrected chi connectivity index (χ3v) is 8.11. The van der Waals surface area contributed by atoms with Gasteiger partial charge in [0.05, 0.1) is 35.4 Å². The molecule has 9 nitrogen and oxygen atoms in total. The molecule has 0 saturated carbocycles. The molecule has 0 spiro atoms. The Morgan fingerprint density at radius 3 is 2.62 bits per heavy atom. The Balaban J connectivity index is 1.12. The van der Waals surface area contributed by atoms with Crippen LogP contribution < -0.4 is 15.6 Å². The van der Waals surface area contributed by atoms with Gasteiger partial charge >= 0.3 is 0 Å². The predicted molar refractivity (Wildman–Crippen MR) is 170 cm³/mol. The standard InChI is InChI=1S/C35H29FN6O3/c1-20-16-21(2)33-28(17-20)32(14-15-45-33)41-19-31(39-40-41)27-18-24(10-13-29(27)36)38-34(43)23-8-11-25(12-9-23)42-22(3)37-30-7-5-4-6-26(30)35(42)44/h4-13,16-19,32H,14-15H2,1-3H3,(H,38,43)/t32-/m0/s1. The maximum Gasteiger partial charge on any atom is 0.265 e. The number of carbonyl (C=O) groups is 1. The molecule has 0 fully saturated rings. The topological polar surface area (TPSA) is 104 Å². The molecule has 45 heavy (non-hydrogen) atoms. The molecule has 10 heteroatoms. The van der Waals surface area contributed by atoms with Crippen LogP contribution in [-0.2, 0) is 0 Å². The van der Waals surface area contributed by atoms with Crippen molar-refractivity contribution in [2.45, 2.75) is 33.2 Å². The summed E-state index contributed by atoms with van der Waals surface area (Å²) in [5.41, 5.74) is 5.62. The van der Waals surface area contributed by atoms with E-state index in [1.165, 1.54) is 16.7 Å². The third kappa shape index (κ3) is 5.14. The van der Waals surface area contributed by atoms with E-state index in [9.17, 15) is 9.59 Å². The van der Waals surface area contributed by atoms with Crippen LogP contribution in [0.25, 0.3) is 27.8 Å². The molecule has 224 valence electrons. The maximum absolute atomic E-state index is 15.0. The number of hydrogen-bond acceptors (Lipinski definition) is 6. The Morgan fingerprint density at radius 2 is 1.80 bits per heavy atom. The summed E-state index contributed by atoms with van der Waals surface area (Å²) in [5.74, 6) is 0.535. The zero-order chi connectivity index (χ0) is 31.2. The zero-order valence-corrected chi connectivity index (χ0v) is 24.9. The highest BCUT2D eigenvalue weighted by atomic mass is 19.1. The van der Waals surface area contributed by atoms with Crippen LogP contribution >= 0.6 is 0 Å². The first-order valence-electron chi connectivity index (χ1n) is 14.6. The van der Waals surface area contributed by atoms with E-state index in [1.807, 2.05) is 19.9 Å². The van der Waals surface area contributed by atoms with Crippen LogP contribution in [0.15, 0.2) is 89.9 Å². The van der Waals surface area contributed by atoms with Gasteiger partial charge in [-0.15, -0.1) is 5.10 Å². The van der Waals surface area contributed by atoms with Gasteiger partial charge in [-0.3, -0.25) is 14.2 Å². The maximum atomic E-state index is 15.0. The molecular formula is C35H29FN6O3. The van der Waals surface area contributed by atoms with Crippen molar-refractivity contribution >= 4 is 22.5 Å². The first-order chi connectivity index (χ1) is 21.8. The molecule has 7 rings (SSSR count). The Hall–Kier alpha value is -5.64. The van der Waals surface area contributed by atoms with E-state index in [4.69, 9.17) is 4.74 Å². The number of nitrogens with zero attached hydrogens (tertiary/aromatic N) is 5. The minimum Gasteiger partial charge on any atom is -0.493 e. The number of amides is 1. The molecule has 1 atom stereocenters. The van der Waals surface area contributed by atoms with E-state index in [0.717, 1.165) is 22.4 Å². The summed E-state index contributed by atoms with van der Waals surface area (Å²) in [4.78, 5) is 30.9. The number of para-hydroxylation sites is 1. The molecule has 3 heterocycles. The van der Waals surface area contributed by atoms with E-state index < -0.39 is 5.82 Å². The van der Waals surface area contributed by atoms with Crippen LogP contribution in [0.3, 0.4) is 0 Å². The van der Waals surface area contributed by atoms with Crippen LogP contribution in [0, 0.1) is 26.6 Å². The number of fused-ring (bicyclic) bond motifs is 2. The molecule has 4 aromatic carbocycles. The van der Waals surface area contributed by atoms with Crippen molar-refractivity contribution < 1.29 is 13.9 Å². The van der Waals surface area contributed by atoms with Crippen molar-refractivity contribution in [2.75, 3.05) is 11.9 Å². The average Bonchev–Trinajstić information content (AvgIpc) is 3.52. The van der Waals surface area contributed by atoms with Gasteiger partial charge in [0.2, 0.25) is 0 Å². The summed E-state index contributed by atoms with van der Waals surface area (Å²) < 4.78 is 24.2. The summed E-state index contributed by atoms with van der Waals surface area (Å²) in [5, 5.41) is 12.0. The third-order valence-electron chi connectivity index (χ3n) is 8.11. The zero-order valence-electron chi connectivity index (χ0n) is 24.9. The molecule has 0 radical (unpaired) electrons. The highest BCUT2D eigenvalue weighted by molar-refractivity contribution is 6.04. The Morgan fingerprint density at radius 1 is 1.00 bits per heavy atom. The molecule has 6 aromatic rings. The van der Waals surface area contributed by atoms with E-state index >= 15 is 4.39 Å². The molecule has 1 amide bonds. The monoisotopic (exact) mass is 600 g/mol. The van der Waals surface area contributed by atoms with Gasteiger partial charge in [0, 0.05) is 28.8 Å². The summed E-state index contributed by atoms with van der Waals surface area (Å²) in [6, 6.07) is 22.3. The van der Waals surface area contributed by atoms with Gasteiger partial charge in [-0.1, -0.05) is 35.0 Å². The van der Waals surface area contributed by atoms with Crippen molar-refractivity contribution in [1.82, 2.24) is 24.5 Å². The number of hydrogen-bond donors (Lipinski definition) is 1. The molecule has 0 aliphatic carbocycles. The second-order valence-corrected chi connectivity index (χ2v) is 11.2. The summed E-state index contributed by atoms with van der Waals surface area (Å²) in [6.45, 7) is 6.38. The van der Waals surface area contributed by atoms with Crippen molar-refractivity contribution in [3.63, 3.8) is 0 Å². The van der Waals surface area contributed by atoms with Crippen molar-refractivity contribution in [3.8, 4) is 22.7 Å². The van der Waals surface area contributed by atoms with Crippen LogP contribution in [0.5, 0.6) is 5.75 Å². The van der Waals surface area contributed by atoms with Crippen molar-refractivity contribution in [1.29, 1.82) is 0 Å². The molecular weight excluding hydrogens is 571 g/mol. The second kappa shape index (κ2) is 11.1. The molecule has 0 unspecified atom stereocenters. The Kier molecular flexibility index (Phi) is 6.96. The second-order valence-electron chi connectivity index (χ2n) is 11.2. The average molecular weight is 601 g/mol. The molecule has 1 N–H and O–H groups in total. The number of carbonyl (C=O) groups excluding carboxylic acids is 1. The molecule has 2 aromatic heterocycles. The molecule has 1 aliphatic heterocycles. The molecule has 0 bridgehead atoms. The van der Waals surface area contributed by atoms with Gasteiger partial charge in [-0.25, -0.2) is 14.1 Å².